The monoisotopic (exact) mass is 377 g/mol. The first-order chi connectivity index (χ1) is 13.7. The molecular formula is C20H19N5O3. The summed E-state index contributed by atoms with van der Waals surface area (Å²) < 4.78 is 4.74. The number of pyridine rings is 1. The maximum atomic E-state index is 12.5. The van der Waals surface area contributed by atoms with E-state index in [9.17, 15) is 9.59 Å². The molecule has 142 valence electrons. The highest BCUT2D eigenvalue weighted by atomic mass is 16.5. The standard InChI is InChI=1S/C20H19N5O3/c26-18-9-16(11-25(18)12-17-3-1-2-8-21-17)20(27)22-10-14-4-6-15(7-5-14)19-23-13-28-24-19/h1-8,13,16H,9-12H2,(H,22,27). The summed E-state index contributed by atoms with van der Waals surface area (Å²) in [5.41, 5.74) is 2.62. The van der Waals surface area contributed by atoms with E-state index in [-0.39, 0.29) is 24.2 Å². The van der Waals surface area contributed by atoms with E-state index in [1.165, 1.54) is 6.39 Å². The van der Waals surface area contributed by atoms with Gasteiger partial charge in [0, 0.05) is 31.3 Å². The zero-order valence-corrected chi connectivity index (χ0v) is 15.1. The molecule has 2 amide bonds. The van der Waals surface area contributed by atoms with Crippen molar-refractivity contribution in [3.63, 3.8) is 0 Å². The summed E-state index contributed by atoms with van der Waals surface area (Å²) >= 11 is 0. The van der Waals surface area contributed by atoms with Crippen LogP contribution in [0.3, 0.4) is 0 Å². The molecule has 0 saturated carbocycles. The molecule has 8 nitrogen and oxygen atoms in total. The molecule has 1 unspecified atom stereocenters. The van der Waals surface area contributed by atoms with Crippen LogP contribution in [0.2, 0.25) is 0 Å². The molecule has 0 spiro atoms. The SMILES string of the molecule is O=C(NCc1ccc(-c2ncon2)cc1)C1CC(=O)N(Cc2ccccn2)C1. The van der Waals surface area contributed by atoms with Crippen LogP contribution in [0.15, 0.2) is 59.6 Å². The number of rotatable bonds is 6. The predicted molar refractivity (Wildman–Crippen MR) is 99.3 cm³/mol. The van der Waals surface area contributed by atoms with E-state index in [4.69, 9.17) is 4.52 Å². The Morgan fingerprint density at radius 1 is 1.18 bits per heavy atom. The van der Waals surface area contributed by atoms with Gasteiger partial charge < -0.3 is 14.7 Å². The van der Waals surface area contributed by atoms with Gasteiger partial charge >= 0.3 is 0 Å². The number of benzene rings is 1. The van der Waals surface area contributed by atoms with Crippen molar-refractivity contribution >= 4 is 11.8 Å². The van der Waals surface area contributed by atoms with E-state index in [2.05, 4.69) is 20.4 Å². The topological polar surface area (TPSA) is 101 Å². The number of carbonyl (C=O) groups excluding carboxylic acids is 2. The second-order valence-corrected chi connectivity index (χ2v) is 6.67. The molecule has 4 rings (SSSR count). The van der Waals surface area contributed by atoms with Gasteiger partial charge in [0.05, 0.1) is 18.2 Å². The van der Waals surface area contributed by atoms with E-state index in [1.54, 1.807) is 11.1 Å². The molecule has 1 aromatic carbocycles. The fourth-order valence-corrected chi connectivity index (χ4v) is 3.19. The Bertz CT molecular complexity index is 942. The lowest BCUT2D eigenvalue weighted by Gasteiger charge is -2.16. The van der Waals surface area contributed by atoms with Crippen LogP contribution >= 0.6 is 0 Å². The average molecular weight is 377 g/mol. The zero-order valence-electron chi connectivity index (χ0n) is 15.1. The second kappa shape index (κ2) is 7.99. The van der Waals surface area contributed by atoms with E-state index in [0.717, 1.165) is 16.8 Å². The fourth-order valence-electron chi connectivity index (χ4n) is 3.19. The molecule has 2 aromatic heterocycles. The minimum absolute atomic E-state index is 0.0183. The van der Waals surface area contributed by atoms with E-state index in [0.29, 0.717) is 25.5 Å². The highest BCUT2D eigenvalue weighted by Gasteiger charge is 2.34. The summed E-state index contributed by atoms with van der Waals surface area (Å²) in [4.78, 5) is 34.6. The van der Waals surface area contributed by atoms with Crippen LogP contribution in [0.4, 0.5) is 0 Å². The number of carbonyl (C=O) groups is 2. The molecule has 28 heavy (non-hydrogen) atoms. The Balaban J connectivity index is 1.30. The lowest BCUT2D eigenvalue weighted by atomic mass is 10.1. The van der Waals surface area contributed by atoms with Crippen LogP contribution in [0.5, 0.6) is 0 Å². The summed E-state index contributed by atoms with van der Waals surface area (Å²) in [6.07, 6.45) is 3.21. The number of nitrogens with one attached hydrogen (secondary N) is 1. The Hall–Kier alpha value is -3.55. The molecule has 8 heteroatoms. The van der Waals surface area contributed by atoms with Crippen LogP contribution in [0.1, 0.15) is 17.7 Å². The van der Waals surface area contributed by atoms with Gasteiger partial charge in [0.1, 0.15) is 0 Å². The van der Waals surface area contributed by atoms with Crippen LogP contribution in [0.25, 0.3) is 11.4 Å². The highest BCUT2D eigenvalue weighted by Crippen LogP contribution is 2.20. The van der Waals surface area contributed by atoms with Crippen molar-refractivity contribution in [3.05, 3.63) is 66.3 Å². The maximum absolute atomic E-state index is 12.5. The number of nitrogens with zero attached hydrogens (tertiary/aromatic N) is 4. The molecule has 0 radical (unpaired) electrons. The first-order valence-electron chi connectivity index (χ1n) is 9.00. The summed E-state index contributed by atoms with van der Waals surface area (Å²) in [6.45, 7) is 1.25. The number of aromatic nitrogens is 3. The minimum Gasteiger partial charge on any atom is -0.352 e. The molecule has 1 aliphatic heterocycles. The Morgan fingerprint density at radius 2 is 2.04 bits per heavy atom. The molecule has 1 saturated heterocycles. The Morgan fingerprint density at radius 3 is 2.75 bits per heavy atom. The average Bonchev–Trinajstić information content (AvgIpc) is 3.38. The quantitative estimate of drug-likeness (QED) is 0.703. The summed E-state index contributed by atoms with van der Waals surface area (Å²) in [7, 11) is 0. The zero-order chi connectivity index (χ0) is 19.3. The van der Waals surface area contributed by atoms with Gasteiger partial charge in [-0.25, -0.2) is 0 Å². The molecular weight excluding hydrogens is 358 g/mol. The molecule has 0 aliphatic carbocycles. The van der Waals surface area contributed by atoms with Crippen molar-refractivity contribution in [1.82, 2.24) is 25.3 Å². The molecule has 1 fully saturated rings. The fraction of sp³-hybridized carbons (Fsp3) is 0.250. The van der Waals surface area contributed by atoms with Crippen molar-refractivity contribution < 1.29 is 14.1 Å². The van der Waals surface area contributed by atoms with Crippen LogP contribution < -0.4 is 5.32 Å². The third kappa shape index (κ3) is 4.06. The van der Waals surface area contributed by atoms with Gasteiger partial charge in [0.25, 0.3) is 0 Å². The summed E-state index contributed by atoms with van der Waals surface area (Å²) in [6, 6.07) is 13.1. The van der Waals surface area contributed by atoms with Gasteiger partial charge in [0.2, 0.25) is 24.0 Å². The molecule has 3 heterocycles. The van der Waals surface area contributed by atoms with Crippen LogP contribution in [-0.4, -0.2) is 38.4 Å². The van der Waals surface area contributed by atoms with Gasteiger partial charge in [-0.3, -0.25) is 14.6 Å². The minimum atomic E-state index is -0.338. The maximum Gasteiger partial charge on any atom is 0.225 e. The van der Waals surface area contributed by atoms with Crippen molar-refractivity contribution in [2.24, 2.45) is 5.92 Å². The van der Waals surface area contributed by atoms with Gasteiger partial charge in [-0.15, -0.1) is 0 Å². The third-order valence-electron chi connectivity index (χ3n) is 4.70. The van der Waals surface area contributed by atoms with Gasteiger partial charge in [-0.2, -0.15) is 4.98 Å². The van der Waals surface area contributed by atoms with E-state index < -0.39 is 0 Å². The first kappa shape index (κ1) is 17.8. The number of amides is 2. The molecule has 0 bridgehead atoms. The largest absolute Gasteiger partial charge is 0.352 e. The number of hydrogen-bond donors (Lipinski definition) is 1. The normalized spacial score (nSPS) is 16.4. The van der Waals surface area contributed by atoms with Crippen LogP contribution in [0, 0.1) is 5.92 Å². The van der Waals surface area contributed by atoms with Crippen molar-refractivity contribution in [2.75, 3.05) is 6.54 Å². The molecule has 1 atom stereocenters. The highest BCUT2D eigenvalue weighted by molar-refractivity contribution is 5.89. The smallest absolute Gasteiger partial charge is 0.225 e. The predicted octanol–water partition coefficient (Wildman–Crippen LogP) is 1.80. The second-order valence-electron chi connectivity index (χ2n) is 6.67. The first-order valence-corrected chi connectivity index (χ1v) is 9.00. The van der Waals surface area contributed by atoms with Crippen molar-refractivity contribution in [3.8, 4) is 11.4 Å². The van der Waals surface area contributed by atoms with Gasteiger partial charge in [-0.05, 0) is 17.7 Å². The molecule has 1 aliphatic rings. The summed E-state index contributed by atoms with van der Waals surface area (Å²) in [5.74, 6) is 0.0530. The van der Waals surface area contributed by atoms with Gasteiger partial charge in [0.15, 0.2) is 0 Å². The lowest BCUT2D eigenvalue weighted by molar-refractivity contribution is -0.129. The molecule has 3 aromatic rings. The Labute approximate surface area is 161 Å². The Kier molecular flexibility index (Phi) is 5.09. The molecule has 1 N–H and O–H groups in total. The lowest BCUT2D eigenvalue weighted by Crippen LogP contribution is -2.32. The number of hydrogen-bond acceptors (Lipinski definition) is 6. The van der Waals surface area contributed by atoms with E-state index >= 15 is 0 Å². The third-order valence-corrected chi connectivity index (χ3v) is 4.70. The van der Waals surface area contributed by atoms with Crippen molar-refractivity contribution in [1.29, 1.82) is 0 Å². The van der Waals surface area contributed by atoms with E-state index in [1.807, 2.05) is 42.5 Å². The number of likely N-dealkylation sites (tertiary alicyclic amines) is 1. The summed E-state index contributed by atoms with van der Waals surface area (Å²) in [5, 5.41) is 6.71. The van der Waals surface area contributed by atoms with Crippen molar-refractivity contribution in [2.45, 2.75) is 19.5 Å². The van der Waals surface area contributed by atoms with Crippen LogP contribution in [-0.2, 0) is 22.7 Å². The van der Waals surface area contributed by atoms with Gasteiger partial charge in [-0.1, -0.05) is 35.5 Å².